The number of methoxy groups -OCH3 is 1. The van der Waals surface area contributed by atoms with Crippen LogP contribution in [0.2, 0.25) is 0 Å². The van der Waals surface area contributed by atoms with E-state index >= 15 is 0 Å². The molecule has 0 atom stereocenters. The highest BCUT2D eigenvalue weighted by Crippen LogP contribution is 2.22. The first kappa shape index (κ1) is 12.3. The Bertz CT molecular complexity index is 369. The van der Waals surface area contributed by atoms with Crippen LogP contribution in [0.5, 0.6) is 11.5 Å². The summed E-state index contributed by atoms with van der Waals surface area (Å²) in [4.78, 5) is 0. The van der Waals surface area contributed by atoms with Crippen molar-refractivity contribution in [2.75, 3.05) is 20.4 Å². The van der Waals surface area contributed by atoms with Crippen LogP contribution in [0, 0.1) is 5.41 Å². The SMILES string of the molecule is COc1cc(OCCCF)cc(C(=N)N)c1. The fourth-order valence-electron chi connectivity index (χ4n) is 1.17. The van der Waals surface area contributed by atoms with E-state index in [1.807, 2.05) is 0 Å². The minimum atomic E-state index is -0.413. The molecule has 0 saturated carbocycles. The summed E-state index contributed by atoms with van der Waals surface area (Å²) in [5, 5.41) is 7.32. The topological polar surface area (TPSA) is 68.3 Å². The molecule has 5 heteroatoms. The lowest BCUT2D eigenvalue weighted by atomic mass is 10.2. The van der Waals surface area contributed by atoms with Gasteiger partial charge in [0.05, 0.1) is 20.4 Å². The van der Waals surface area contributed by atoms with Crippen molar-refractivity contribution in [3.8, 4) is 11.5 Å². The van der Waals surface area contributed by atoms with Crippen molar-refractivity contribution in [3.05, 3.63) is 23.8 Å². The second-order valence-corrected chi connectivity index (χ2v) is 3.20. The van der Waals surface area contributed by atoms with Gasteiger partial charge in [0.1, 0.15) is 17.3 Å². The molecule has 0 aliphatic rings. The molecule has 0 heterocycles. The van der Waals surface area contributed by atoms with E-state index in [4.69, 9.17) is 20.6 Å². The molecule has 0 aliphatic carbocycles. The van der Waals surface area contributed by atoms with Crippen LogP contribution < -0.4 is 15.2 Å². The first-order chi connectivity index (χ1) is 7.67. The molecule has 1 aromatic carbocycles. The summed E-state index contributed by atoms with van der Waals surface area (Å²) in [6, 6.07) is 4.94. The predicted octanol–water partition coefficient (Wildman–Crippen LogP) is 1.72. The summed E-state index contributed by atoms with van der Waals surface area (Å²) in [7, 11) is 1.52. The Kier molecular flexibility index (Phi) is 4.57. The van der Waals surface area contributed by atoms with E-state index in [1.165, 1.54) is 7.11 Å². The zero-order valence-corrected chi connectivity index (χ0v) is 9.13. The van der Waals surface area contributed by atoms with Gasteiger partial charge in [-0.2, -0.15) is 0 Å². The van der Waals surface area contributed by atoms with E-state index in [2.05, 4.69) is 0 Å². The normalized spacial score (nSPS) is 9.88. The molecule has 88 valence electrons. The molecular weight excluding hydrogens is 211 g/mol. The molecule has 0 bridgehead atoms. The lowest BCUT2D eigenvalue weighted by Crippen LogP contribution is -2.11. The highest BCUT2D eigenvalue weighted by atomic mass is 19.1. The zero-order chi connectivity index (χ0) is 12.0. The molecule has 0 unspecified atom stereocenters. The third-order valence-corrected chi connectivity index (χ3v) is 1.97. The van der Waals surface area contributed by atoms with Crippen molar-refractivity contribution >= 4 is 5.84 Å². The fourth-order valence-corrected chi connectivity index (χ4v) is 1.17. The van der Waals surface area contributed by atoms with Crippen molar-refractivity contribution in [2.45, 2.75) is 6.42 Å². The quantitative estimate of drug-likeness (QED) is 0.441. The minimum absolute atomic E-state index is 0.0609. The van der Waals surface area contributed by atoms with Crippen molar-refractivity contribution in [1.82, 2.24) is 0 Å². The molecule has 16 heavy (non-hydrogen) atoms. The largest absolute Gasteiger partial charge is 0.497 e. The van der Waals surface area contributed by atoms with Crippen LogP contribution in [0.4, 0.5) is 4.39 Å². The number of nitrogen functional groups attached to an aromatic ring is 1. The number of nitrogens with one attached hydrogen (secondary N) is 1. The van der Waals surface area contributed by atoms with Gasteiger partial charge in [0, 0.05) is 18.1 Å². The van der Waals surface area contributed by atoms with Crippen molar-refractivity contribution in [3.63, 3.8) is 0 Å². The van der Waals surface area contributed by atoms with Crippen LogP contribution in [0.15, 0.2) is 18.2 Å². The Morgan fingerprint density at radius 1 is 1.38 bits per heavy atom. The van der Waals surface area contributed by atoms with Gasteiger partial charge in [-0.25, -0.2) is 0 Å². The van der Waals surface area contributed by atoms with E-state index in [-0.39, 0.29) is 5.84 Å². The van der Waals surface area contributed by atoms with Gasteiger partial charge in [-0.05, 0) is 12.1 Å². The van der Waals surface area contributed by atoms with Gasteiger partial charge in [0.15, 0.2) is 0 Å². The molecule has 0 saturated heterocycles. The second kappa shape index (κ2) is 5.95. The number of benzene rings is 1. The Labute approximate surface area is 93.7 Å². The third-order valence-electron chi connectivity index (χ3n) is 1.97. The number of rotatable bonds is 6. The third kappa shape index (κ3) is 3.42. The van der Waals surface area contributed by atoms with Crippen LogP contribution in [0.25, 0.3) is 0 Å². The molecule has 0 spiro atoms. The Morgan fingerprint density at radius 2 is 2.06 bits per heavy atom. The number of amidine groups is 1. The van der Waals surface area contributed by atoms with Gasteiger partial charge in [0.25, 0.3) is 0 Å². The van der Waals surface area contributed by atoms with E-state index < -0.39 is 6.67 Å². The highest BCUT2D eigenvalue weighted by Gasteiger charge is 2.04. The number of halogens is 1. The maximum Gasteiger partial charge on any atom is 0.123 e. The van der Waals surface area contributed by atoms with Crippen LogP contribution in [-0.4, -0.2) is 26.2 Å². The Morgan fingerprint density at radius 3 is 2.62 bits per heavy atom. The summed E-state index contributed by atoms with van der Waals surface area (Å²) >= 11 is 0. The molecule has 1 rings (SSSR count). The standard InChI is InChI=1S/C11H15FN2O2/c1-15-9-5-8(11(13)14)6-10(7-9)16-4-2-3-12/h5-7H,2-4H2,1H3,(H3,13,14). The fraction of sp³-hybridized carbons (Fsp3) is 0.364. The average molecular weight is 226 g/mol. The second-order valence-electron chi connectivity index (χ2n) is 3.20. The molecule has 0 radical (unpaired) electrons. The summed E-state index contributed by atoms with van der Waals surface area (Å²) in [6.45, 7) is -0.120. The van der Waals surface area contributed by atoms with E-state index in [0.717, 1.165) is 0 Å². The summed E-state index contributed by atoms with van der Waals surface area (Å²) in [6.07, 6.45) is 0.340. The molecule has 3 N–H and O–H groups in total. The van der Waals surface area contributed by atoms with Crippen LogP contribution in [0.3, 0.4) is 0 Å². The minimum Gasteiger partial charge on any atom is -0.497 e. The maximum atomic E-state index is 11.9. The summed E-state index contributed by atoms with van der Waals surface area (Å²) in [5.74, 6) is 1.02. The Balaban J connectivity index is 2.82. The van der Waals surface area contributed by atoms with Crippen molar-refractivity contribution in [1.29, 1.82) is 5.41 Å². The number of hydrogen-bond donors (Lipinski definition) is 2. The van der Waals surface area contributed by atoms with Gasteiger partial charge < -0.3 is 15.2 Å². The molecule has 0 amide bonds. The van der Waals surface area contributed by atoms with Gasteiger partial charge in [-0.15, -0.1) is 0 Å². The lowest BCUT2D eigenvalue weighted by Gasteiger charge is -2.09. The highest BCUT2D eigenvalue weighted by molar-refractivity contribution is 5.95. The van der Waals surface area contributed by atoms with Gasteiger partial charge in [0.2, 0.25) is 0 Å². The smallest absolute Gasteiger partial charge is 0.123 e. The zero-order valence-electron chi connectivity index (χ0n) is 9.13. The van der Waals surface area contributed by atoms with Crippen molar-refractivity contribution < 1.29 is 13.9 Å². The first-order valence-corrected chi connectivity index (χ1v) is 4.89. The molecule has 0 fully saturated rings. The predicted molar refractivity (Wildman–Crippen MR) is 60.1 cm³/mol. The van der Waals surface area contributed by atoms with Gasteiger partial charge >= 0.3 is 0 Å². The number of hydrogen-bond acceptors (Lipinski definition) is 3. The Hall–Kier alpha value is -1.78. The monoisotopic (exact) mass is 226 g/mol. The molecule has 1 aromatic rings. The number of alkyl halides is 1. The lowest BCUT2D eigenvalue weighted by molar-refractivity contribution is 0.288. The van der Waals surface area contributed by atoms with E-state index in [0.29, 0.717) is 30.1 Å². The molecule has 4 nitrogen and oxygen atoms in total. The molecule has 0 aliphatic heterocycles. The van der Waals surface area contributed by atoms with Gasteiger partial charge in [-0.1, -0.05) is 0 Å². The summed E-state index contributed by atoms with van der Waals surface area (Å²) < 4.78 is 22.2. The average Bonchev–Trinajstić information content (AvgIpc) is 2.29. The van der Waals surface area contributed by atoms with Crippen molar-refractivity contribution in [2.24, 2.45) is 5.73 Å². The number of nitrogens with two attached hydrogens (primary N) is 1. The first-order valence-electron chi connectivity index (χ1n) is 4.89. The van der Waals surface area contributed by atoms with Crippen LogP contribution >= 0.6 is 0 Å². The molecule has 0 aromatic heterocycles. The molecular formula is C11H15FN2O2. The van der Waals surface area contributed by atoms with Gasteiger partial charge in [-0.3, -0.25) is 9.80 Å². The number of ether oxygens (including phenoxy) is 2. The van der Waals surface area contributed by atoms with E-state index in [1.54, 1.807) is 18.2 Å². The maximum absolute atomic E-state index is 11.9. The summed E-state index contributed by atoms with van der Waals surface area (Å²) in [5.41, 5.74) is 5.90. The van der Waals surface area contributed by atoms with Crippen LogP contribution in [-0.2, 0) is 0 Å². The van der Waals surface area contributed by atoms with Crippen LogP contribution in [0.1, 0.15) is 12.0 Å². The van der Waals surface area contributed by atoms with E-state index in [9.17, 15) is 4.39 Å².